The molecule has 0 aliphatic rings. The molecule has 2 heterocycles. The third kappa shape index (κ3) is 1.29. The van der Waals surface area contributed by atoms with E-state index in [0.717, 1.165) is 11.3 Å². The second-order valence-electron chi connectivity index (χ2n) is 3.87. The van der Waals surface area contributed by atoms with Crippen LogP contribution in [-0.4, -0.2) is 9.38 Å². The summed E-state index contributed by atoms with van der Waals surface area (Å²) in [4.78, 5) is 4.24. The van der Waals surface area contributed by atoms with E-state index >= 15 is 0 Å². The Morgan fingerprint density at radius 3 is 2.79 bits per heavy atom. The topological polar surface area (TPSA) is 17.3 Å². The Morgan fingerprint density at radius 2 is 2.14 bits per heavy atom. The van der Waals surface area contributed by atoms with Gasteiger partial charge in [-0.15, -0.1) is 0 Å². The number of aromatic nitrogens is 2. The number of aryl methyl sites for hydroxylation is 1. The van der Waals surface area contributed by atoms with Crippen molar-refractivity contribution in [1.29, 1.82) is 0 Å². The Hall–Kier alpha value is -1.38. The van der Waals surface area contributed by atoms with Crippen LogP contribution in [0.3, 0.4) is 0 Å². The molecule has 14 heavy (non-hydrogen) atoms. The van der Waals surface area contributed by atoms with E-state index in [-0.39, 0.29) is 5.82 Å². The van der Waals surface area contributed by atoms with Crippen LogP contribution in [0.4, 0.5) is 4.39 Å². The van der Waals surface area contributed by atoms with Crippen molar-refractivity contribution in [2.75, 3.05) is 0 Å². The molecule has 0 N–H and O–H groups in total. The van der Waals surface area contributed by atoms with E-state index in [1.807, 2.05) is 4.40 Å². The van der Waals surface area contributed by atoms with Crippen molar-refractivity contribution in [3.05, 3.63) is 35.5 Å². The molecule has 0 atom stereocenters. The first-order valence-corrected chi connectivity index (χ1v) is 4.72. The van der Waals surface area contributed by atoms with Crippen LogP contribution in [0.15, 0.2) is 18.5 Å². The van der Waals surface area contributed by atoms with Gasteiger partial charge in [0.05, 0.1) is 0 Å². The molecule has 0 bridgehead atoms. The summed E-state index contributed by atoms with van der Waals surface area (Å²) in [7, 11) is 0. The quantitative estimate of drug-likeness (QED) is 0.679. The molecule has 2 rings (SSSR count). The fraction of sp³-hybridized carbons (Fsp3) is 0.364. The Balaban J connectivity index is 2.74. The number of rotatable bonds is 1. The van der Waals surface area contributed by atoms with Crippen molar-refractivity contribution >= 4 is 5.65 Å². The summed E-state index contributed by atoms with van der Waals surface area (Å²) in [6, 6.07) is 1.77. The monoisotopic (exact) mass is 192 g/mol. The Bertz CT molecular complexity index is 471. The van der Waals surface area contributed by atoms with Crippen LogP contribution in [0.2, 0.25) is 0 Å². The highest BCUT2D eigenvalue weighted by molar-refractivity contribution is 5.43. The highest BCUT2D eigenvalue weighted by Gasteiger charge is 2.08. The van der Waals surface area contributed by atoms with E-state index in [0.29, 0.717) is 11.5 Å². The van der Waals surface area contributed by atoms with E-state index in [2.05, 4.69) is 18.8 Å². The van der Waals surface area contributed by atoms with Crippen molar-refractivity contribution in [3.63, 3.8) is 0 Å². The lowest BCUT2D eigenvalue weighted by Crippen LogP contribution is -1.97. The zero-order valence-corrected chi connectivity index (χ0v) is 8.58. The van der Waals surface area contributed by atoms with Crippen LogP contribution in [0.5, 0.6) is 0 Å². The Morgan fingerprint density at radius 1 is 1.43 bits per heavy atom. The number of hydrogen-bond donors (Lipinski definition) is 0. The summed E-state index contributed by atoms with van der Waals surface area (Å²) in [5.74, 6) is 0.171. The van der Waals surface area contributed by atoms with Gasteiger partial charge in [0, 0.05) is 18.1 Å². The number of halogens is 1. The summed E-state index contributed by atoms with van der Waals surface area (Å²) in [5.41, 5.74) is 2.49. The molecule has 0 amide bonds. The maximum atomic E-state index is 13.3. The lowest BCUT2D eigenvalue weighted by atomic mass is 10.1. The maximum absolute atomic E-state index is 13.3. The summed E-state index contributed by atoms with van der Waals surface area (Å²) in [6.07, 6.45) is 3.31. The first kappa shape index (κ1) is 9.19. The first-order valence-electron chi connectivity index (χ1n) is 4.72. The maximum Gasteiger partial charge on any atom is 0.142 e. The van der Waals surface area contributed by atoms with Crippen LogP contribution < -0.4 is 0 Å². The van der Waals surface area contributed by atoms with Crippen molar-refractivity contribution < 1.29 is 4.39 Å². The van der Waals surface area contributed by atoms with Gasteiger partial charge in [-0.25, -0.2) is 9.37 Å². The van der Waals surface area contributed by atoms with Crippen LogP contribution in [0.25, 0.3) is 5.65 Å². The Kier molecular flexibility index (Phi) is 2.02. The predicted molar refractivity (Wildman–Crippen MR) is 54.0 cm³/mol. The molecule has 0 aliphatic heterocycles. The van der Waals surface area contributed by atoms with Crippen molar-refractivity contribution in [1.82, 2.24) is 9.38 Å². The SMILES string of the molecule is Cc1cc2ncc(C(C)C)n2cc1F. The molecule has 3 heteroatoms. The normalized spacial score (nSPS) is 11.5. The Labute approximate surface area is 82.4 Å². The van der Waals surface area contributed by atoms with Gasteiger partial charge in [0.1, 0.15) is 11.5 Å². The van der Waals surface area contributed by atoms with Gasteiger partial charge in [0.15, 0.2) is 0 Å². The minimum absolute atomic E-state index is 0.183. The molecule has 0 aromatic carbocycles. The standard InChI is InChI=1S/C11H13FN2/c1-7(2)10-5-13-11-4-8(3)9(12)6-14(10)11/h4-7H,1-3H3. The predicted octanol–water partition coefficient (Wildman–Crippen LogP) is 2.91. The van der Waals surface area contributed by atoms with E-state index in [1.54, 1.807) is 19.2 Å². The second-order valence-corrected chi connectivity index (χ2v) is 3.87. The highest BCUT2D eigenvalue weighted by Crippen LogP contribution is 2.18. The van der Waals surface area contributed by atoms with Crippen LogP contribution in [0.1, 0.15) is 31.0 Å². The van der Waals surface area contributed by atoms with Crippen LogP contribution in [0, 0.1) is 12.7 Å². The molecule has 0 saturated carbocycles. The second kappa shape index (κ2) is 3.08. The lowest BCUT2D eigenvalue weighted by Gasteiger charge is -2.05. The molecule has 0 unspecified atom stereocenters. The largest absolute Gasteiger partial charge is 0.301 e. The molecular formula is C11H13FN2. The molecule has 74 valence electrons. The molecule has 0 spiro atoms. The molecule has 0 saturated heterocycles. The number of fused-ring (bicyclic) bond motifs is 1. The summed E-state index contributed by atoms with van der Waals surface area (Å²) in [5, 5.41) is 0. The van der Waals surface area contributed by atoms with Gasteiger partial charge in [-0.3, -0.25) is 0 Å². The third-order valence-electron chi connectivity index (χ3n) is 2.41. The molecule has 0 fully saturated rings. The summed E-state index contributed by atoms with van der Waals surface area (Å²) >= 11 is 0. The number of imidazole rings is 1. The van der Waals surface area contributed by atoms with Gasteiger partial charge in [-0.1, -0.05) is 13.8 Å². The van der Waals surface area contributed by atoms with E-state index in [4.69, 9.17) is 0 Å². The summed E-state index contributed by atoms with van der Waals surface area (Å²) in [6.45, 7) is 5.89. The molecule has 0 aliphatic carbocycles. The summed E-state index contributed by atoms with van der Waals surface area (Å²) < 4.78 is 15.1. The van der Waals surface area contributed by atoms with Crippen molar-refractivity contribution in [2.24, 2.45) is 0 Å². The average molecular weight is 192 g/mol. The minimum Gasteiger partial charge on any atom is -0.301 e. The van der Waals surface area contributed by atoms with E-state index in [9.17, 15) is 4.39 Å². The number of hydrogen-bond acceptors (Lipinski definition) is 1. The fourth-order valence-electron chi connectivity index (χ4n) is 1.54. The van der Waals surface area contributed by atoms with Crippen molar-refractivity contribution in [2.45, 2.75) is 26.7 Å². The number of nitrogens with zero attached hydrogens (tertiary/aromatic N) is 2. The average Bonchev–Trinajstić information content (AvgIpc) is 2.48. The number of pyridine rings is 1. The van der Waals surface area contributed by atoms with Gasteiger partial charge >= 0.3 is 0 Å². The van der Waals surface area contributed by atoms with E-state index in [1.165, 1.54) is 6.20 Å². The van der Waals surface area contributed by atoms with Gasteiger partial charge in [-0.05, 0) is 24.5 Å². The van der Waals surface area contributed by atoms with Gasteiger partial charge in [0.25, 0.3) is 0 Å². The highest BCUT2D eigenvalue weighted by atomic mass is 19.1. The first-order chi connectivity index (χ1) is 6.59. The minimum atomic E-state index is -0.183. The lowest BCUT2D eigenvalue weighted by molar-refractivity contribution is 0.607. The zero-order valence-electron chi connectivity index (χ0n) is 8.58. The van der Waals surface area contributed by atoms with Crippen molar-refractivity contribution in [3.8, 4) is 0 Å². The molecule has 2 nitrogen and oxygen atoms in total. The fourth-order valence-corrected chi connectivity index (χ4v) is 1.54. The zero-order chi connectivity index (χ0) is 10.3. The van der Waals surface area contributed by atoms with Crippen LogP contribution >= 0.6 is 0 Å². The third-order valence-corrected chi connectivity index (χ3v) is 2.41. The molecule has 0 radical (unpaired) electrons. The molecule has 2 aromatic heterocycles. The van der Waals surface area contributed by atoms with Crippen LogP contribution in [-0.2, 0) is 0 Å². The van der Waals surface area contributed by atoms with Gasteiger partial charge in [-0.2, -0.15) is 0 Å². The van der Waals surface area contributed by atoms with E-state index < -0.39 is 0 Å². The smallest absolute Gasteiger partial charge is 0.142 e. The molecular weight excluding hydrogens is 179 g/mol. The van der Waals surface area contributed by atoms with Gasteiger partial charge < -0.3 is 4.40 Å². The molecule has 2 aromatic rings. The van der Waals surface area contributed by atoms with Gasteiger partial charge in [0.2, 0.25) is 0 Å².